The highest BCUT2D eigenvalue weighted by molar-refractivity contribution is 8.06. The van der Waals surface area contributed by atoms with Crippen LogP contribution >= 0.6 is 35.0 Å². The second-order valence-electron chi connectivity index (χ2n) is 10.1. The van der Waals surface area contributed by atoms with Gasteiger partial charge in [-0.05, 0) is 78.4 Å². The van der Waals surface area contributed by atoms with Crippen LogP contribution < -0.4 is 5.32 Å². The molecule has 2 atom stereocenters. The number of fused-ring (bicyclic) bond motifs is 1. The van der Waals surface area contributed by atoms with Gasteiger partial charge >= 0.3 is 0 Å². The van der Waals surface area contributed by atoms with E-state index in [1.807, 2.05) is 38.2 Å². The quantitative estimate of drug-likeness (QED) is 0.174. The maximum absolute atomic E-state index is 13.2. The van der Waals surface area contributed by atoms with E-state index >= 15 is 0 Å². The SMILES string of the molecule is C=CCC(C)(/C=C\C(=C)NC1=NC=C2C=C(c3c(Cl)cccc3Cl)C(=O)CC(C)C2=C=C1)OC1=C=CC=C(CC)S1. The number of amidine groups is 1. The van der Waals surface area contributed by atoms with Crippen molar-refractivity contribution in [3.8, 4) is 0 Å². The van der Waals surface area contributed by atoms with Gasteiger partial charge in [-0.3, -0.25) is 4.79 Å². The van der Waals surface area contributed by atoms with Gasteiger partial charge < -0.3 is 10.1 Å². The molecular weight excluding hydrogens is 571 g/mol. The van der Waals surface area contributed by atoms with Crippen molar-refractivity contribution in [3.63, 3.8) is 0 Å². The van der Waals surface area contributed by atoms with Gasteiger partial charge in [-0.15, -0.1) is 12.3 Å². The Morgan fingerprint density at radius 2 is 2.07 bits per heavy atom. The number of carbonyl (C=O) groups excluding carboxylic acids is 1. The first kappa shape index (κ1) is 30.5. The number of benzene rings is 1. The van der Waals surface area contributed by atoms with E-state index in [1.54, 1.807) is 48.3 Å². The van der Waals surface area contributed by atoms with Crippen LogP contribution in [-0.2, 0) is 9.53 Å². The lowest BCUT2D eigenvalue weighted by atomic mass is 9.93. The Labute approximate surface area is 256 Å². The Morgan fingerprint density at radius 3 is 2.78 bits per heavy atom. The van der Waals surface area contributed by atoms with Crippen molar-refractivity contribution in [1.82, 2.24) is 5.32 Å². The predicted octanol–water partition coefficient (Wildman–Crippen LogP) is 9.41. The third-order valence-electron chi connectivity index (χ3n) is 6.68. The van der Waals surface area contributed by atoms with Crippen molar-refractivity contribution in [2.75, 3.05) is 0 Å². The van der Waals surface area contributed by atoms with E-state index in [-0.39, 0.29) is 11.7 Å². The molecule has 2 unspecified atom stereocenters. The monoisotopic (exact) mass is 602 g/mol. The second kappa shape index (κ2) is 13.5. The minimum Gasteiger partial charge on any atom is -0.470 e. The van der Waals surface area contributed by atoms with Crippen LogP contribution in [0.1, 0.15) is 45.6 Å². The van der Waals surface area contributed by atoms with Gasteiger partial charge in [0.25, 0.3) is 0 Å². The lowest BCUT2D eigenvalue weighted by Crippen LogP contribution is -2.25. The third kappa shape index (κ3) is 7.65. The van der Waals surface area contributed by atoms with Crippen LogP contribution in [0.4, 0.5) is 0 Å². The average molecular weight is 604 g/mol. The van der Waals surface area contributed by atoms with E-state index in [0.717, 1.165) is 22.7 Å². The maximum atomic E-state index is 13.2. The lowest BCUT2D eigenvalue weighted by molar-refractivity contribution is -0.114. The number of hydrogen-bond acceptors (Lipinski definition) is 5. The lowest BCUT2D eigenvalue weighted by Gasteiger charge is -2.27. The molecular formula is C34H32Cl2N2O2S. The zero-order chi connectivity index (χ0) is 29.6. The summed E-state index contributed by atoms with van der Waals surface area (Å²) in [6, 6.07) is 5.22. The summed E-state index contributed by atoms with van der Waals surface area (Å²) < 4.78 is 6.33. The molecule has 1 N–H and O–H groups in total. The minimum atomic E-state index is -0.632. The number of ketones is 1. The highest BCUT2D eigenvalue weighted by Crippen LogP contribution is 2.39. The van der Waals surface area contributed by atoms with Crippen molar-refractivity contribution < 1.29 is 9.53 Å². The van der Waals surface area contributed by atoms with Gasteiger partial charge in [0.05, 0.1) is 10.0 Å². The molecule has 4 rings (SSSR count). The average Bonchev–Trinajstić information content (AvgIpc) is 3.19. The highest BCUT2D eigenvalue weighted by atomic mass is 35.5. The van der Waals surface area contributed by atoms with Gasteiger partial charge in [-0.2, -0.15) is 0 Å². The molecule has 3 aliphatic rings. The summed E-state index contributed by atoms with van der Waals surface area (Å²) in [4.78, 5) is 19.0. The molecule has 0 radical (unpaired) electrons. The molecule has 1 aromatic rings. The smallest absolute Gasteiger partial charge is 0.203 e. The van der Waals surface area contributed by atoms with Crippen molar-refractivity contribution >= 4 is 52.2 Å². The highest BCUT2D eigenvalue weighted by Gasteiger charge is 2.27. The van der Waals surface area contributed by atoms with Crippen LogP contribution in [0.15, 0.2) is 123 Å². The first-order valence-electron chi connectivity index (χ1n) is 13.4. The molecule has 0 aromatic heterocycles. The number of carbonyl (C=O) groups is 1. The zero-order valence-electron chi connectivity index (χ0n) is 23.4. The number of rotatable bonds is 9. The standard InChI is InChI=1S/C34H32Cl2N2O2S/c1-6-17-34(5,40-32-13-8-10-25(7-2)41-32)18-16-23(4)38-31-15-14-26-22(3)19-30(39)27(20-24(26)21-37-31)33-28(35)11-9-12-29(33)36/h6,8-12,15-16,18,20-22H,1,4,7,17,19H2,2-3,5H3,(H,37,38)/b18-16-. The summed E-state index contributed by atoms with van der Waals surface area (Å²) in [6.07, 6.45) is 16.8. The van der Waals surface area contributed by atoms with Crippen LogP contribution in [0.25, 0.3) is 5.57 Å². The molecule has 0 bridgehead atoms. The van der Waals surface area contributed by atoms with E-state index in [2.05, 4.69) is 47.9 Å². The molecule has 0 saturated carbocycles. The van der Waals surface area contributed by atoms with Gasteiger partial charge in [0.2, 0.25) is 5.09 Å². The second-order valence-corrected chi connectivity index (χ2v) is 12.0. The van der Waals surface area contributed by atoms with Crippen molar-refractivity contribution in [2.24, 2.45) is 10.9 Å². The Balaban J connectivity index is 1.55. The first-order chi connectivity index (χ1) is 19.6. The fourth-order valence-corrected chi connectivity index (χ4v) is 6.01. The number of thioether (sulfide) groups is 1. The number of aliphatic imine (C=N–C) groups is 1. The van der Waals surface area contributed by atoms with Crippen LogP contribution in [-0.4, -0.2) is 17.2 Å². The summed E-state index contributed by atoms with van der Waals surface area (Å²) in [5.41, 5.74) is 9.20. The van der Waals surface area contributed by atoms with Crippen LogP contribution in [0, 0.1) is 5.92 Å². The van der Waals surface area contributed by atoms with Crippen molar-refractivity contribution in [3.05, 3.63) is 134 Å². The minimum absolute atomic E-state index is 0.0266. The number of nitrogens with zero attached hydrogens (tertiary/aromatic N) is 1. The van der Waals surface area contributed by atoms with E-state index in [9.17, 15) is 4.79 Å². The normalized spacial score (nSPS) is 19.8. The molecule has 1 aliphatic carbocycles. The fourth-order valence-electron chi connectivity index (χ4n) is 4.53. The molecule has 7 heteroatoms. The number of ether oxygens (including phenoxy) is 1. The Bertz CT molecular complexity index is 1560. The van der Waals surface area contributed by atoms with Crippen LogP contribution in [0.2, 0.25) is 10.0 Å². The summed E-state index contributed by atoms with van der Waals surface area (Å²) >= 11 is 14.5. The molecule has 2 heterocycles. The van der Waals surface area contributed by atoms with Gasteiger partial charge in [0.15, 0.2) is 5.78 Å². The summed E-state index contributed by atoms with van der Waals surface area (Å²) in [6.45, 7) is 14.2. The first-order valence-corrected chi connectivity index (χ1v) is 14.9. The van der Waals surface area contributed by atoms with Crippen LogP contribution in [0.3, 0.4) is 0 Å². The van der Waals surface area contributed by atoms with Gasteiger partial charge in [0.1, 0.15) is 11.4 Å². The summed E-state index contributed by atoms with van der Waals surface area (Å²) in [5, 5.41) is 4.83. The Hall–Kier alpha value is -3.43. The fraction of sp³-hybridized carbons (Fsp3) is 0.235. The zero-order valence-corrected chi connectivity index (χ0v) is 25.7. The molecule has 41 heavy (non-hydrogen) atoms. The molecule has 4 nitrogen and oxygen atoms in total. The molecule has 210 valence electrons. The van der Waals surface area contributed by atoms with Crippen molar-refractivity contribution in [2.45, 2.75) is 45.6 Å². The van der Waals surface area contributed by atoms with Gasteiger partial charge in [-0.25, -0.2) is 4.99 Å². The molecule has 2 aliphatic heterocycles. The van der Waals surface area contributed by atoms with Gasteiger partial charge in [0, 0.05) is 53.1 Å². The number of Topliss-reactive ketones (excluding diaryl/α,β-unsaturated/α-hetero) is 1. The number of hydrogen-bond donors (Lipinski definition) is 1. The maximum Gasteiger partial charge on any atom is 0.203 e. The van der Waals surface area contributed by atoms with E-state index in [4.69, 9.17) is 27.9 Å². The van der Waals surface area contributed by atoms with E-state index in [0.29, 0.717) is 45.6 Å². The molecule has 0 spiro atoms. The van der Waals surface area contributed by atoms with Crippen molar-refractivity contribution in [1.29, 1.82) is 0 Å². The van der Waals surface area contributed by atoms with E-state index < -0.39 is 5.60 Å². The summed E-state index contributed by atoms with van der Waals surface area (Å²) in [7, 11) is 0. The van der Waals surface area contributed by atoms with Crippen LogP contribution in [0.5, 0.6) is 0 Å². The number of nitrogens with one attached hydrogen (secondary N) is 1. The number of halogens is 2. The molecule has 0 amide bonds. The molecule has 1 aromatic carbocycles. The molecule has 0 fully saturated rings. The summed E-state index contributed by atoms with van der Waals surface area (Å²) in [5.74, 6) is 0.467. The molecule has 0 saturated heterocycles. The Morgan fingerprint density at radius 1 is 1.32 bits per heavy atom. The number of allylic oxidation sites excluding steroid dienone is 7. The Kier molecular flexibility index (Phi) is 10.0. The van der Waals surface area contributed by atoms with E-state index in [1.165, 1.54) is 4.91 Å². The predicted molar refractivity (Wildman–Crippen MR) is 174 cm³/mol. The van der Waals surface area contributed by atoms with Gasteiger partial charge in [-0.1, -0.05) is 61.5 Å². The topological polar surface area (TPSA) is 50.7 Å². The largest absolute Gasteiger partial charge is 0.470 e. The third-order valence-corrected chi connectivity index (χ3v) is 8.38.